The Morgan fingerprint density at radius 3 is 2.76 bits per heavy atom. The van der Waals surface area contributed by atoms with E-state index in [-0.39, 0.29) is 12.5 Å². The van der Waals surface area contributed by atoms with E-state index in [0.29, 0.717) is 19.0 Å². The summed E-state index contributed by atoms with van der Waals surface area (Å²) in [6.07, 6.45) is 4.30. The Morgan fingerprint density at radius 2 is 2.04 bits per heavy atom. The fourth-order valence-corrected chi connectivity index (χ4v) is 2.53. The summed E-state index contributed by atoms with van der Waals surface area (Å²) >= 11 is 0. The van der Waals surface area contributed by atoms with Gasteiger partial charge in [0, 0.05) is 17.8 Å². The standard InChI is InChI=1S/C17H19N5O3/c1-12-7-13(2)9-14(8-12)17-18-11-21(20-17)4-3-15(23)19-22-5-6-25-10-16(22)24/h3-4,7-9,11H,5-6,10H2,1-2H3,(H,19,23)/b4-3-. The van der Waals surface area contributed by atoms with Crippen molar-refractivity contribution in [2.24, 2.45) is 0 Å². The second-order valence-corrected chi connectivity index (χ2v) is 5.81. The first kappa shape index (κ1) is 16.8. The number of hydrogen-bond acceptors (Lipinski definition) is 5. The highest BCUT2D eigenvalue weighted by Gasteiger charge is 2.19. The fourth-order valence-electron chi connectivity index (χ4n) is 2.53. The van der Waals surface area contributed by atoms with Gasteiger partial charge in [0.25, 0.3) is 11.8 Å². The third-order valence-corrected chi connectivity index (χ3v) is 3.60. The molecule has 1 aliphatic rings. The number of aryl methyl sites for hydroxylation is 2. The number of hydrogen-bond donors (Lipinski definition) is 1. The number of nitrogens with one attached hydrogen (secondary N) is 1. The Balaban J connectivity index is 1.65. The number of hydrazine groups is 1. The van der Waals surface area contributed by atoms with Gasteiger partial charge in [0.05, 0.1) is 13.2 Å². The van der Waals surface area contributed by atoms with E-state index in [9.17, 15) is 9.59 Å². The predicted molar refractivity (Wildman–Crippen MR) is 90.9 cm³/mol. The SMILES string of the molecule is Cc1cc(C)cc(-c2ncn(/C=C\C(=O)NN3CCOCC3=O)n2)c1. The van der Waals surface area contributed by atoms with Crippen molar-refractivity contribution in [1.82, 2.24) is 25.2 Å². The zero-order chi connectivity index (χ0) is 17.8. The molecule has 25 heavy (non-hydrogen) atoms. The molecule has 1 aliphatic heterocycles. The van der Waals surface area contributed by atoms with Crippen LogP contribution in [0.1, 0.15) is 11.1 Å². The Hall–Kier alpha value is -3.00. The predicted octanol–water partition coefficient (Wildman–Crippen LogP) is 0.923. The van der Waals surface area contributed by atoms with Gasteiger partial charge >= 0.3 is 0 Å². The zero-order valence-electron chi connectivity index (χ0n) is 14.1. The van der Waals surface area contributed by atoms with Gasteiger partial charge in [-0.3, -0.25) is 15.0 Å². The van der Waals surface area contributed by atoms with Crippen LogP contribution in [0.15, 0.2) is 30.6 Å². The quantitative estimate of drug-likeness (QED) is 0.836. The number of carbonyl (C=O) groups is 2. The molecule has 2 heterocycles. The molecule has 8 nitrogen and oxygen atoms in total. The van der Waals surface area contributed by atoms with Gasteiger partial charge in [-0.05, 0) is 26.0 Å². The van der Waals surface area contributed by atoms with Crippen molar-refractivity contribution in [3.05, 3.63) is 41.7 Å². The van der Waals surface area contributed by atoms with Crippen LogP contribution in [-0.2, 0) is 14.3 Å². The molecule has 0 bridgehead atoms. The summed E-state index contributed by atoms with van der Waals surface area (Å²) in [6, 6.07) is 6.10. The zero-order valence-corrected chi connectivity index (χ0v) is 14.1. The summed E-state index contributed by atoms with van der Waals surface area (Å²) in [4.78, 5) is 27.7. The minimum Gasteiger partial charge on any atom is -0.370 e. The van der Waals surface area contributed by atoms with Crippen molar-refractivity contribution in [3.63, 3.8) is 0 Å². The molecule has 1 fully saturated rings. The summed E-state index contributed by atoms with van der Waals surface area (Å²) in [6.45, 7) is 4.75. The highest BCUT2D eigenvalue weighted by molar-refractivity contribution is 5.92. The maximum absolute atomic E-state index is 11.9. The van der Waals surface area contributed by atoms with Gasteiger partial charge in [0.15, 0.2) is 5.82 Å². The Labute approximate surface area is 145 Å². The third-order valence-electron chi connectivity index (χ3n) is 3.60. The van der Waals surface area contributed by atoms with Crippen LogP contribution in [0.5, 0.6) is 0 Å². The first-order valence-electron chi connectivity index (χ1n) is 7.88. The van der Waals surface area contributed by atoms with Crippen LogP contribution in [0.4, 0.5) is 0 Å². The topological polar surface area (TPSA) is 89.4 Å². The smallest absolute Gasteiger partial charge is 0.267 e. The largest absolute Gasteiger partial charge is 0.370 e. The van der Waals surface area contributed by atoms with Crippen LogP contribution in [0.2, 0.25) is 0 Å². The van der Waals surface area contributed by atoms with E-state index < -0.39 is 5.91 Å². The van der Waals surface area contributed by atoms with E-state index in [2.05, 4.69) is 21.6 Å². The highest BCUT2D eigenvalue weighted by Crippen LogP contribution is 2.18. The number of carbonyl (C=O) groups excluding carboxylic acids is 2. The molecule has 2 aromatic rings. The molecule has 0 atom stereocenters. The number of aromatic nitrogens is 3. The average molecular weight is 341 g/mol. The minimum atomic E-state index is -0.418. The van der Waals surface area contributed by atoms with Gasteiger partial charge in [0.2, 0.25) is 0 Å². The van der Waals surface area contributed by atoms with Crippen LogP contribution in [0.3, 0.4) is 0 Å². The molecule has 8 heteroatoms. The Morgan fingerprint density at radius 1 is 1.28 bits per heavy atom. The van der Waals surface area contributed by atoms with Gasteiger partial charge in [0.1, 0.15) is 12.9 Å². The second-order valence-electron chi connectivity index (χ2n) is 5.81. The molecule has 0 unspecified atom stereocenters. The molecule has 0 saturated carbocycles. The molecule has 1 N–H and O–H groups in total. The second kappa shape index (κ2) is 7.27. The third kappa shape index (κ3) is 4.30. The fraction of sp³-hybridized carbons (Fsp3) is 0.294. The van der Waals surface area contributed by atoms with Crippen LogP contribution in [0, 0.1) is 13.8 Å². The van der Waals surface area contributed by atoms with Crippen molar-refractivity contribution >= 4 is 18.0 Å². The first-order chi connectivity index (χ1) is 12.0. The normalized spacial score (nSPS) is 15.0. The summed E-state index contributed by atoms with van der Waals surface area (Å²) in [5, 5.41) is 5.58. The van der Waals surface area contributed by atoms with E-state index in [0.717, 1.165) is 16.7 Å². The van der Waals surface area contributed by atoms with E-state index in [1.807, 2.05) is 26.0 Å². The molecule has 0 spiro atoms. The van der Waals surface area contributed by atoms with Crippen molar-refractivity contribution < 1.29 is 14.3 Å². The van der Waals surface area contributed by atoms with E-state index in [1.54, 1.807) is 0 Å². The molecular formula is C17H19N5O3. The Kier molecular flexibility index (Phi) is 4.90. The molecule has 1 saturated heterocycles. The summed E-state index contributed by atoms with van der Waals surface area (Å²) < 4.78 is 6.45. The summed E-state index contributed by atoms with van der Waals surface area (Å²) in [5.74, 6) is -0.107. The lowest BCUT2D eigenvalue weighted by Crippen LogP contribution is -2.51. The van der Waals surface area contributed by atoms with Crippen molar-refractivity contribution in [3.8, 4) is 11.4 Å². The van der Waals surface area contributed by atoms with Crippen molar-refractivity contribution in [2.45, 2.75) is 13.8 Å². The van der Waals surface area contributed by atoms with E-state index in [1.165, 1.54) is 28.3 Å². The summed E-state index contributed by atoms with van der Waals surface area (Å²) in [7, 11) is 0. The van der Waals surface area contributed by atoms with Crippen molar-refractivity contribution in [2.75, 3.05) is 19.8 Å². The van der Waals surface area contributed by atoms with Crippen LogP contribution in [0.25, 0.3) is 17.6 Å². The number of ether oxygens (including phenoxy) is 1. The maximum atomic E-state index is 11.9. The maximum Gasteiger partial charge on any atom is 0.267 e. The van der Waals surface area contributed by atoms with Gasteiger partial charge in [-0.15, -0.1) is 5.10 Å². The molecule has 130 valence electrons. The first-order valence-corrected chi connectivity index (χ1v) is 7.88. The Bertz CT molecular complexity index is 807. The number of nitrogens with zero attached hydrogens (tertiary/aromatic N) is 4. The lowest BCUT2D eigenvalue weighted by atomic mass is 10.1. The van der Waals surface area contributed by atoms with Crippen molar-refractivity contribution in [1.29, 1.82) is 0 Å². The van der Waals surface area contributed by atoms with Gasteiger partial charge in [-0.2, -0.15) is 0 Å². The van der Waals surface area contributed by atoms with E-state index >= 15 is 0 Å². The highest BCUT2D eigenvalue weighted by atomic mass is 16.5. The lowest BCUT2D eigenvalue weighted by Gasteiger charge is -2.26. The molecule has 3 rings (SSSR count). The lowest BCUT2D eigenvalue weighted by molar-refractivity contribution is -0.150. The van der Waals surface area contributed by atoms with Gasteiger partial charge in [-0.1, -0.05) is 17.2 Å². The molecule has 0 aliphatic carbocycles. The monoisotopic (exact) mass is 341 g/mol. The average Bonchev–Trinajstić information content (AvgIpc) is 3.03. The van der Waals surface area contributed by atoms with E-state index in [4.69, 9.17) is 4.74 Å². The van der Waals surface area contributed by atoms with Gasteiger partial charge in [-0.25, -0.2) is 14.7 Å². The van der Waals surface area contributed by atoms with Gasteiger partial charge < -0.3 is 4.74 Å². The number of amides is 2. The molecular weight excluding hydrogens is 322 g/mol. The summed E-state index contributed by atoms with van der Waals surface area (Å²) in [5.41, 5.74) is 5.70. The minimum absolute atomic E-state index is 0.0215. The van der Waals surface area contributed by atoms with Crippen LogP contribution >= 0.6 is 0 Å². The number of benzene rings is 1. The van der Waals surface area contributed by atoms with Crippen LogP contribution in [-0.4, -0.2) is 51.3 Å². The molecule has 0 radical (unpaired) electrons. The molecule has 1 aromatic heterocycles. The number of morpholine rings is 1. The number of rotatable bonds is 4. The van der Waals surface area contributed by atoms with Crippen LogP contribution < -0.4 is 5.43 Å². The molecule has 1 aromatic carbocycles. The molecule has 2 amide bonds.